The second-order valence-electron chi connectivity index (χ2n) is 6.03. The number of hydrogen-bond acceptors (Lipinski definition) is 3. The molecule has 5 nitrogen and oxygen atoms in total. The highest BCUT2D eigenvalue weighted by atomic mass is 32.2. The fraction of sp³-hybridized carbons (Fsp3) is 0.235. The van der Waals surface area contributed by atoms with Crippen LogP contribution in [-0.4, -0.2) is 28.1 Å². The number of aromatic nitrogens is 2. The van der Waals surface area contributed by atoms with Crippen molar-refractivity contribution in [2.75, 3.05) is 0 Å². The van der Waals surface area contributed by atoms with E-state index in [1.54, 1.807) is 16.8 Å². The third kappa shape index (κ3) is 2.91. The minimum atomic E-state index is -4.16. The van der Waals surface area contributed by atoms with Gasteiger partial charge >= 0.3 is 0 Å². The Morgan fingerprint density at radius 3 is 2.76 bits per heavy atom. The molecule has 0 saturated heterocycles. The van der Waals surface area contributed by atoms with Gasteiger partial charge in [-0.1, -0.05) is 6.07 Å². The van der Waals surface area contributed by atoms with E-state index in [9.17, 15) is 17.2 Å². The first-order valence-electron chi connectivity index (χ1n) is 7.85. The van der Waals surface area contributed by atoms with Crippen molar-refractivity contribution < 1.29 is 17.2 Å². The summed E-state index contributed by atoms with van der Waals surface area (Å²) in [6.45, 7) is 0.0497. The number of pyridine rings is 1. The highest BCUT2D eigenvalue weighted by Gasteiger charge is 2.39. The number of sulfonamides is 1. The standard InChI is InChI=1S/C17H15F2N3O2S/c18-12-4-7-15(19)16(9-12)25(23,24)22(13-5-6-13)11-14-10-20-17-3-1-2-8-21(14)17/h1-4,7-10,13H,5-6,11H2. The summed E-state index contributed by atoms with van der Waals surface area (Å²) in [7, 11) is -4.16. The average Bonchev–Trinajstić information content (AvgIpc) is 3.35. The molecule has 2 aromatic heterocycles. The molecule has 1 aliphatic rings. The summed E-state index contributed by atoms with van der Waals surface area (Å²) < 4.78 is 56.4. The molecule has 1 aromatic carbocycles. The van der Waals surface area contributed by atoms with E-state index in [4.69, 9.17) is 0 Å². The Morgan fingerprint density at radius 2 is 2.00 bits per heavy atom. The molecule has 1 aliphatic carbocycles. The van der Waals surface area contributed by atoms with Crippen molar-refractivity contribution in [2.45, 2.75) is 30.3 Å². The van der Waals surface area contributed by atoms with Gasteiger partial charge in [-0.05, 0) is 43.2 Å². The van der Waals surface area contributed by atoms with Gasteiger partial charge in [0.05, 0.1) is 18.4 Å². The molecule has 0 aliphatic heterocycles. The lowest BCUT2D eigenvalue weighted by atomic mass is 10.3. The molecule has 0 amide bonds. The Bertz CT molecular complexity index is 1040. The molecule has 0 bridgehead atoms. The smallest absolute Gasteiger partial charge is 0.246 e. The quantitative estimate of drug-likeness (QED) is 0.700. The summed E-state index contributed by atoms with van der Waals surface area (Å²) in [4.78, 5) is 3.61. The van der Waals surface area contributed by atoms with Gasteiger partial charge in [-0.3, -0.25) is 0 Å². The van der Waals surface area contributed by atoms with Crippen LogP contribution in [-0.2, 0) is 16.6 Å². The largest absolute Gasteiger partial charge is 0.303 e. The summed E-state index contributed by atoms with van der Waals surface area (Å²) >= 11 is 0. The van der Waals surface area contributed by atoms with Crippen molar-refractivity contribution >= 4 is 15.7 Å². The molecule has 4 rings (SSSR count). The molecular formula is C17H15F2N3O2S. The van der Waals surface area contributed by atoms with E-state index < -0.39 is 26.6 Å². The monoisotopic (exact) mass is 363 g/mol. The number of rotatable bonds is 5. The van der Waals surface area contributed by atoms with Crippen LogP contribution in [0.1, 0.15) is 18.5 Å². The van der Waals surface area contributed by atoms with Crippen molar-refractivity contribution in [3.05, 3.63) is 66.1 Å². The molecule has 0 N–H and O–H groups in total. The van der Waals surface area contributed by atoms with Crippen molar-refractivity contribution in [3.8, 4) is 0 Å². The van der Waals surface area contributed by atoms with Gasteiger partial charge in [0.15, 0.2) is 0 Å². The summed E-state index contributed by atoms with van der Waals surface area (Å²) in [5, 5.41) is 0. The maximum Gasteiger partial charge on any atom is 0.246 e. The lowest BCUT2D eigenvalue weighted by Gasteiger charge is -2.22. The number of halogens is 2. The Balaban J connectivity index is 1.75. The fourth-order valence-corrected chi connectivity index (χ4v) is 4.57. The van der Waals surface area contributed by atoms with Crippen molar-refractivity contribution in [3.63, 3.8) is 0 Å². The summed E-state index contributed by atoms with van der Waals surface area (Å²) in [6, 6.07) is 7.73. The molecule has 130 valence electrons. The zero-order valence-electron chi connectivity index (χ0n) is 13.1. The Labute approximate surface area is 143 Å². The van der Waals surface area contributed by atoms with Gasteiger partial charge in [0.2, 0.25) is 10.0 Å². The van der Waals surface area contributed by atoms with Gasteiger partial charge in [0.1, 0.15) is 22.2 Å². The molecule has 25 heavy (non-hydrogen) atoms. The van der Waals surface area contributed by atoms with E-state index >= 15 is 0 Å². The van der Waals surface area contributed by atoms with Crippen LogP contribution >= 0.6 is 0 Å². The summed E-state index contributed by atoms with van der Waals surface area (Å²) in [5.74, 6) is -1.74. The van der Waals surface area contributed by atoms with E-state index in [1.165, 1.54) is 4.31 Å². The normalized spacial score (nSPS) is 15.2. The fourth-order valence-electron chi connectivity index (χ4n) is 2.84. The van der Waals surface area contributed by atoms with E-state index in [0.29, 0.717) is 24.2 Å². The van der Waals surface area contributed by atoms with Gasteiger partial charge in [0.25, 0.3) is 0 Å². The highest BCUT2D eigenvalue weighted by molar-refractivity contribution is 7.89. The van der Waals surface area contributed by atoms with E-state index in [2.05, 4.69) is 4.98 Å². The third-order valence-electron chi connectivity index (χ3n) is 4.25. The molecule has 1 fully saturated rings. The lowest BCUT2D eigenvalue weighted by Crippen LogP contribution is -2.33. The molecule has 0 spiro atoms. The van der Waals surface area contributed by atoms with Crippen LogP contribution in [0.3, 0.4) is 0 Å². The SMILES string of the molecule is O=S(=O)(c1cc(F)ccc1F)N(Cc1cnc2ccccn12)C1CC1. The zero-order valence-corrected chi connectivity index (χ0v) is 14.0. The molecule has 0 unspecified atom stereocenters. The molecule has 2 heterocycles. The summed E-state index contributed by atoms with van der Waals surface area (Å²) in [5.41, 5.74) is 1.37. The van der Waals surface area contributed by atoms with Crippen LogP contribution in [0, 0.1) is 11.6 Å². The maximum absolute atomic E-state index is 14.1. The van der Waals surface area contributed by atoms with Crippen LogP contribution in [0.2, 0.25) is 0 Å². The van der Waals surface area contributed by atoms with Crippen LogP contribution < -0.4 is 0 Å². The lowest BCUT2D eigenvalue weighted by molar-refractivity contribution is 0.389. The minimum Gasteiger partial charge on any atom is -0.303 e. The Kier molecular flexibility index (Phi) is 3.81. The van der Waals surface area contributed by atoms with Crippen LogP contribution in [0.15, 0.2) is 53.7 Å². The zero-order chi connectivity index (χ0) is 17.6. The van der Waals surface area contributed by atoms with E-state index in [0.717, 1.165) is 18.2 Å². The van der Waals surface area contributed by atoms with Gasteiger partial charge in [-0.15, -0.1) is 0 Å². The number of hydrogen-bond donors (Lipinski definition) is 0. The number of imidazole rings is 1. The maximum atomic E-state index is 14.1. The molecule has 3 aromatic rings. The van der Waals surface area contributed by atoms with Crippen LogP contribution in [0.5, 0.6) is 0 Å². The van der Waals surface area contributed by atoms with Gasteiger partial charge in [-0.25, -0.2) is 22.2 Å². The topological polar surface area (TPSA) is 54.7 Å². The average molecular weight is 363 g/mol. The van der Waals surface area contributed by atoms with Gasteiger partial charge in [-0.2, -0.15) is 4.31 Å². The second kappa shape index (κ2) is 5.89. The van der Waals surface area contributed by atoms with Crippen LogP contribution in [0.25, 0.3) is 5.65 Å². The Hall–Kier alpha value is -2.32. The van der Waals surface area contributed by atoms with Gasteiger partial charge in [0, 0.05) is 12.2 Å². The van der Waals surface area contributed by atoms with Crippen LogP contribution in [0.4, 0.5) is 8.78 Å². The molecule has 0 radical (unpaired) electrons. The predicted octanol–water partition coefficient (Wildman–Crippen LogP) is 2.97. The van der Waals surface area contributed by atoms with Crippen molar-refractivity contribution in [1.82, 2.24) is 13.7 Å². The van der Waals surface area contributed by atoms with E-state index in [1.807, 2.05) is 18.2 Å². The molecule has 8 heteroatoms. The van der Waals surface area contributed by atoms with Gasteiger partial charge < -0.3 is 4.40 Å². The first-order valence-corrected chi connectivity index (χ1v) is 9.29. The number of benzene rings is 1. The second-order valence-corrected chi connectivity index (χ2v) is 7.89. The third-order valence-corrected chi connectivity index (χ3v) is 6.16. The van der Waals surface area contributed by atoms with Crippen molar-refractivity contribution in [1.29, 1.82) is 0 Å². The number of nitrogens with zero attached hydrogens (tertiary/aromatic N) is 3. The Morgan fingerprint density at radius 1 is 1.20 bits per heavy atom. The predicted molar refractivity (Wildman–Crippen MR) is 87.3 cm³/mol. The summed E-state index contributed by atoms with van der Waals surface area (Å²) in [6.07, 6.45) is 4.79. The molecule has 0 atom stereocenters. The molecular weight excluding hydrogens is 348 g/mol. The number of fused-ring (bicyclic) bond motifs is 1. The van der Waals surface area contributed by atoms with Crippen molar-refractivity contribution in [2.24, 2.45) is 0 Å². The highest BCUT2D eigenvalue weighted by Crippen LogP contribution is 2.34. The first-order chi connectivity index (χ1) is 12.0. The minimum absolute atomic E-state index is 0.0497. The van der Waals surface area contributed by atoms with E-state index in [-0.39, 0.29) is 12.6 Å². The first kappa shape index (κ1) is 16.2. The molecule has 1 saturated carbocycles.